The van der Waals surface area contributed by atoms with Crippen LogP contribution in [0.15, 0.2) is 47.3 Å². The minimum atomic E-state index is -1.09. The van der Waals surface area contributed by atoms with Gasteiger partial charge in [-0.1, -0.05) is 30.3 Å². The number of rotatable bonds is 3. The van der Waals surface area contributed by atoms with Crippen LogP contribution in [-0.4, -0.2) is 20.9 Å². The van der Waals surface area contributed by atoms with E-state index in [1.54, 1.807) is 6.07 Å². The zero-order chi connectivity index (χ0) is 13.1. The van der Waals surface area contributed by atoms with Gasteiger partial charge in [-0.2, -0.15) is 5.10 Å². The summed E-state index contributed by atoms with van der Waals surface area (Å²) in [5.41, 5.74) is 0.983. The molecule has 0 radical (unpaired) electrons. The number of carbonyl (C=O) groups is 1. The predicted octanol–water partition coefficient (Wildman–Crippen LogP) is 1.56. The lowest BCUT2D eigenvalue weighted by atomic mass is 10.1. The van der Waals surface area contributed by atoms with Crippen LogP contribution in [0.3, 0.4) is 0 Å². The van der Waals surface area contributed by atoms with Crippen LogP contribution in [0.25, 0.3) is 11.3 Å². The van der Waals surface area contributed by atoms with Crippen molar-refractivity contribution in [2.24, 2.45) is 0 Å². The molecule has 0 amide bonds. The average molecular weight is 244 g/mol. The maximum absolute atomic E-state index is 11.6. The summed E-state index contributed by atoms with van der Waals surface area (Å²) >= 11 is 0. The van der Waals surface area contributed by atoms with Gasteiger partial charge in [0, 0.05) is 11.6 Å². The lowest BCUT2D eigenvalue weighted by Crippen LogP contribution is -2.29. The molecule has 0 spiro atoms. The second-order valence-electron chi connectivity index (χ2n) is 3.88. The third-order valence-electron chi connectivity index (χ3n) is 2.62. The van der Waals surface area contributed by atoms with Gasteiger partial charge in [0.05, 0.1) is 5.69 Å². The lowest BCUT2D eigenvalue weighted by molar-refractivity contribution is -0.140. The van der Waals surface area contributed by atoms with Crippen LogP contribution in [0.2, 0.25) is 0 Å². The minimum absolute atomic E-state index is 0.426. The first-order valence-electron chi connectivity index (χ1n) is 5.47. The van der Waals surface area contributed by atoms with Crippen molar-refractivity contribution in [2.45, 2.75) is 13.0 Å². The van der Waals surface area contributed by atoms with E-state index in [4.69, 9.17) is 5.11 Å². The molecule has 2 aromatic rings. The first-order valence-corrected chi connectivity index (χ1v) is 5.47. The van der Waals surface area contributed by atoms with Crippen molar-refractivity contribution in [3.8, 4) is 11.3 Å². The molecule has 18 heavy (non-hydrogen) atoms. The van der Waals surface area contributed by atoms with E-state index in [1.165, 1.54) is 13.0 Å². The van der Waals surface area contributed by atoms with Crippen LogP contribution in [-0.2, 0) is 4.79 Å². The van der Waals surface area contributed by atoms with Crippen molar-refractivity contribution in [2.75, 3.05) is 0 Å². The molecule has 92 valence electrons. The van der Waals surface area contributed by atoms with Crippen LogP contribution in [0.4, 0.5) is 0 Å². The highest BCUT2D eigenvalue weighted by Gasteiger charge is 2.16. The number of nitrogens with zero attached hydrogens (tertiary/aromatic N) is 2. The number of carboxylic acids is 1. The van der Waals surface area contributed by atoms with Crippen LogP contribution in [0, 0.1) is 0 Å². The van der Waals surface area contributed by atoms with E-state index in [-0.39, 0.29) is 0 Å². The lowest BCUT2D eigenvalue weighted by Gasteiger charge is -2.10. The highest BCUT2D eigenvalue weighted by molar-refractivity contribution is 5.71. The van der Waals surface area contributed by atoms with Gasteiger partial charge in [0.25, 0.3) is 5.56 Å². The largest absolute Gasteiger partial charge is 0.480 e. The molecule has 0 saturated carbocycles. The molecular weight excluding hydrogens is 232 g/mol. The summed E-state index contributed by atoms with van der Waals surface area (Å²) in [5.74, 6) is -1.09. The maximum Gasteiger partial charge on any atom is 0.328 e. The van der Waals surface area contributed by atoms with Crippen molar-refractivity contribution in [3.05, 3.63) is 52.8 Å². The van der Waals surface area contributed by atoms with Crippen molar-refractivity contribution < 1.29 is 9.90 Å². The third kappa shape index (κ3) is 2.29. The summed E-state index contributed by atoms with van der Waals surface area (Å²) in [7, 11) is 0. The second kappa shape index (κ2) is 4.83. The maximum atomic E-state index is 11.6. The summed E-state index contributed by atoms with van der Waals surface area (Å²) in [5, 5.41) is 13.0. The molecule has 1 atom stereocenters. The zero-order valence-electron chi connectivity index (χ0n) is 9.78. The van der Waals surface area contributed by atoms with Gasteiger partial charge in [0.2, 0.25) is 0 Å². The van der Waals surface area contributed by atoms with Crippen LogP contribution >= 0.6 is 0 Å². The Bertz CT molecular complexity index is 620. The fourth-order valence-electron chi connectivity index (χ4n) is 1.57. The van der Waals surface area contributed by atoms with Gasteiger partial charge in [-0.3, -0.25) is 4.79 Å². The molecule has 0 bridgehead atoms. The Balaban J connectivity index is 2.51. The number of benzene rings is 1. The van der Waals surface area contributed by atoms with E-state index < -0.39 is 17.6 Å². The van der Waals surface area contributed by atoms with E-state index in [9.17, 15) is 9.59 Å². The van der Waals surface area contributed by atoms with Gasteiger partial charge < -0.3 is 5.11 Å². The molecule has 1 heterocycles. The molecule has 5 heteroatoms. The first kappa shape index (κ1) is 12.0. The van der Waals surface area contributed by atoms with Crippen molar-refractivity contribution >= 4 is 5.97 Å². The van der Waals surface area contributed by atoms with Crippen molar-refractivity contribution in [1.82, 2.24) is 9.78 Å². The summed E-state index contributed by atoms with van der Waals surface area (Å²) in [6.45, 7) is 1.42. The van der Waals surface area contributed by atoms with Gasteiger partial charge >= 0.3 is 5.97 Å². The Morgan fingerprint density at radius 1 is 1.22 bits per heavy atom. The van der Waals surface area contributed by atoms with E-state index in [0.29, 0.717) is 5.69 Å². The monoisotopic (exact) mass is 244 g/mol. The molecule has 0 aliphatic rings. The van der Waals surface area contributed by atoms with E-state index in [1.807, 2.05) is 30.3 Å². The van der Waals surface area contributed by atoms with Crippen LogP contribution in [0.1, 0.15) is 13.0 Å². The number of aliphatic carboxylic acids is 1. The highest BCUT2D eigenvalue weighted by Crippen LogP contribution is 2.15. The summed E-state index contributed by atoms with van der Waals surface area (Å²) in [6, 6.07) is 11.2. The summed E-state index contributed by atoms with van der Waals surface area (Å²) in [6.07, 6.45) is 0. The SMILES string of the molecule is C[C@@H](C(=O)O)n1nc(-c2ccccc2)ccc1=O. The number of carboxylic acid groups (broad SMARTS) is 1. The first-order chi connectivity index (χ1) is 8.59. The van der Waals surface area contributed by atoms with Crippen LogP contribution < -0.4 is 5.56 Å². The average Bonchev–Trinajstić information content (AvgIpc) is 2.39. The standard InChI is InChI=1S/C13H12N2O3/c1-9(13(17)18)15-12(16)8-7-11(14-15)10-5-3-2-4-6-10/h2-9H,1H3,(H,17,18)/t9-/m0/s1. The van der Waals surface area contributed by atoms with E-state index in [0.717, 1.165) is 10.2 Å². The molecule has 1 aromatic carbocycles. The van der Waals surface area contributed by atoms with Crippen molar-refractivity contribution in [1.29, 1.82) is 0 Å². The normalized spacial score (nSPS) is 12.1. The molecule has 2 rings (SSSR count). The molecule has 1 aromatic heterocycles. The Hall–Kier alpha value is -2.43. The number of hydrogen-bond donors (Lipinski definition) is 1. The summed E-state index contributed by atoms with van der Waals surface area (Å²) < 4.78 is 0.977. The van der Waals surface area contributed by atoms with E-state index in [2.05, 4.69) is 5.10 Å². The molecule has 5 nitrogen and oxygen atoms in total. The highest BCUT2D eigenvalue weighted by atomic mass is 16.4. The quantitative estimate of drug-likeness (QED) is 0.889. The summed E-state index contributed by atoms with van der Waals surface area (Å²) in [4.78, 5) is 22.5. The Morgan fingerprint density at radius 2 is 1.89 bits per heavy atom. The predicted molar refractivity (Wildman–Crippen MR) is 66.3 cm³/mol. The smallest absolute Gasteiger partial charge is 0.328 e. The Kier molecular flexibility index (Phi) is 3.23. The van der Waals surface area contributed by atoms with Gasteiger partial charge in [-0.05, 0) is 13.0 Å². The van der Waals surface area contributed by atoms with E-state index >= 15 is 0 Å². The van der Waals surface area contributed by atoms with Crippen molar-refractivity contribution in [3.63, 3.8) is 0 Å². The van der Waals surface area contributed by atoms with Gasteiger partial charge in [-0.25, -0.2) is 9.48 Å². The third-order valence-corrected chi connectivity index (χ3v) is 2.62. The second-order valence-corrected chi connectivity index (χ2v) is 3.88. The minimum Gasteiger partial charge on any atom is -0.480 e. The zero-order valence-corrected chi connectivity index (χ0v) is 9.78. The molecular formula is C13H12N2O3. The molecule has 0 aliphatic carbocycles. The van der Waals surface area contributed by atoms with Crippen LogP contribution in [0.5, 0.6) is 0 Å². The molecule has 0 fully saturated rings. The Labute approximate surface area is 103 Å². The topological polar surface area (TPSA) is 72.2 Å². The van der Waals surface area contributed by atoms with Gasteiger partial charge in [0.1, 0.15) is 0 Å². The van der Waals surface area contributed by atoms with Gasteiger partial charge in [-0.15, -0.1) is 0 Å². The number of aromatic nitrogens is 2. The van der Waals surface area contributed by atoms with Gasteiger partial charge in [0.15, 0.2) is 6.04 Å². The molecule has 1 N–H and O–H groups in total. The Morgan fingerprint density at radius 3 is 2.50 bits per heavy atom. The molecule has 0 aliphatic heterocycles. The molecule has 0 unspecified atom stereocenters. The fourth-order valence-corrected chi connectivity index (χ4v) is 1.57. The number of hydrogen-bond acceptors (Lipinski definition) is 3. The molecule has 0 saturated heterocycles. The fraction of sp³-hybridized carbons (Fsp3) is 0.154.